The van der Waals surface area contributed by atoms with Crippen LogP contribution in [0.5, 0.6) is 5.75 Å². The van der Waals surface area contributed by atoms with E-state index in [0.717, 1.165) is 0 Å². The number of carbonyl (C=O) groups is 1. The van der Waals surface area contributed by atoms with E-state index >= 15 is 0 Å². The molecule has 0 bridgehead atoms. The van der Waals surface area contributed by atoms with Crippen LogP contribution in [0.25, 0.3) is 0 Å². The number of hydrogen-bond acceptors (Lipinski definition) is 4. The van der Waals surface area contributed by atoms with Crippen LogP contribution in [0.15, 0.2) is 18.2 Å². The monoisotopic (exact) mass is 283 g/mol. The topological polar surface area (TPSA) is 59.0 Å². The number of methoxy groups -OCH3 is 1. The predicted octanol–water partition coefficient (Wildman–Crippen LogP) is 0.597. The highest BCUT2D eigenvalue weighted by atomic mass is 19.1. The van der Waals surface area contributed by atoms with Crippen molar-refractivity contribution in [1.29, 1.82) is 0 Å². The quantitative estimate of drug-likeness (QED) is 0.879. The molecule has 0 aliphatic carbocycles. The van der Waals surface area contributed by atoms with Crippen LogP contribution in [0.3, 0.4) is 0 Å². The first-order chi connectivity index (χ1) is 9.63. The van der Waals surface area contributed by atoms with Crippen LogP contribution in [0.2, 0.25) is 0 Å². The molecule has 1 unspecified atom stereocenters. The maximum atomic E-state index is 13.6. The number of morpholine rings is 1. The highest BCUT2D eigenvalue weighted by Gasteiger charge is 2.23. The van der Waals surface area contributed by atoms with E-state index in [1.54, 1.807) is 11.0 Å². The van der Waals surface area contributed by atoms with Crippen molar-refractivity contribution in [3.8, 4) is 5.75 Å². The van der Waals surface area contributed by atoms with Gasteiger partial charge in [-0.2, -0.15) is 0 Å². The third kappa shape index (κ3) is 3.46. The molecule has 1 heterocycles. The largest absolute Gasteiger partial charge is 0.494 e. The van der Waals surface area contributed by atoms with Gasteiger partial charge in [0.1, 0.15) is 0 Å². The number of aliphatic hydroxyl groups excluding tert-OH is 1. The van der Waals surface area contributed by atoms with Crippen molar-refractivity contribution in [3.63, 3.8) is 0 Å². The number of nitrogens with zero attached hydrogens (tertiary/aromatic N) is 1. The fourth-order valence-electron chi connectivity index (χ4n) is 2.16. The molecule has 5 nitrogen and oxygen atoms in total. The molecule has 1 amide bonds. The summed E-state index contributed by atoms with van der Waals surface area (Å²) in [6.45, 7) is 1.16. The van der Waals surface area contributed by atoms with Crippen molar-refractivity contribution in [2.45, 2.75) is 12.5 Å². The maximum absolute atomic E-state index is 13.6. The summed E-state index contributed by atoms with van der Waals surface area (Å²) < 4.78 is 23.7. The zero-order valence-corrected chi connectivity index (χ0v) is 11.3. The van der Waals surface area contributed by atoms with Crippen LogP contribution in [0.1, 0.15) is 5.56 Å². The SMILES string of the molecule is COc1ccc(CC(=O)N2CCOC(CO)C2)cc1F. The Morgan fingerprint density at radius 2 is 2.40 bits per heavy atom. The van der Waals surface area contributed by atoms with Gasteiger partial charge < -0.3 is 19.5 Å². The van der Waals surface area contributed by atoms with Crippen molar-refractivity contribution in [2.75, 3.05) is 33.4 Å². The molecule has 1 aromatic rings. The lowest BCUT2D eigenvalue weighted by Gasteiger charge is -2.32. The molecule has 0 radical (unpaired) electrons. The molecular formula is C14H18FNO4. The van der Waals surface area contributed by atoms with Gasteiger partial charge in [-0.25, -0.2) is 4.39 Å². The minimum absolute atomic E-state index is 0.101. The lowest BCUT2D eigenvalue weighted by Crippen LogP contribution is -2.47. The molecule has 2 rings (SSSR count). The van der Waals surface area contributed by atoms with E-state index < -0.39 is 5.82 Å². The summed E-state index contributed by atoms with van der Waals surface area (Å²) in [5.74, 6) is -0.419. The standard InChI is InChI=1S/C14H18FNO4/c1-19-13-3-2-10(6-12(13)15)7-14(18)16-4-5-20-11(8-16)9-17/h2-3,6,11,17H,4-5,7-9H2,1H3. The fourth-order valence-corrected chi connectivity index (χ4v) is 2.16. The molecular weight excluding hydrogens is 265 g/mol. The average Bonchev–Trinajstić information content (AvgIpc) is 2.47. The van der Waals surface area contributed by atoms with Gasteiger partial charge in [-0.05, 0) is 17.7 Å². The third-order valence-electron chi connectivity index (χ3n) is 3.27. The second-order valence-electron chi connectivity index (χ2n) is 4.66. The van der Waals surface area contributed by atoms with E-state index in [-0.39, 0.29) is 30.8 Å². The third-order valence-corrected chi connectivity index (χ3v) is 3.27. The number of amides is 1. The van der Waals surface area contributed by atoms with Gasteiger partial charge in [0, 0.05) is 13.1 Å². The van der Waals surface area contributed by atoms with Gasteiger partial charge in [0.25, 0.3) is 0 Å². The van der Waals surface area contributed by atoms with E-state index in [1.165, 1.54) is 19.2 Å². The minimum Gasteiger partial charge on any atom is -0.494 e. The van der Waals surface area contributed by atoms with E-state index in [2.05, 4.69) is 0 Å². The Kier molecular flexibility index (Phi) is 4.92. The summed E-state index contributed by atoms with van der Waals surface area (Å²) in [4.78, 5) is 13.8. The Labute approximate surface area is 116 Å². The highest BCUT2D eigenvalue weighted by molar-refractivity contribution is 5.79. The van der Waals surface area contributed by atoms with Crippen LogP contribution in [-0.4, -0.2) is 55.4 Å². The Hall–Kier alpha value is -1.66. The lowest BCUT2D eigenvalue weighted by molar-refractivity contribution is -0.139. The second-order valence-corrected chi connectivity index (χ2v) is 4.66. The van der Waals surface area contributed by atoms with Gasteiger partial charge in [0.15, 0.2) is 11.6 Å². The Morgan fingerprint density at radius 3 is 3.05 bits per heavy atom. The molecule has 1 atom stereocenters. The molecule has 1 aliphatic heterocycles. The van der Waals surface area contributed by atoms with Crippen LogP contribution in [0, 0.1) is 5.82 Å². The van der Waals surface area contributed by atoms with Crippen molar-refractivity contribution < 1.29 is 23.8 Å². The van der Waals surface area contributed by atoms with Crippen molar-refractivity contribution in [3.05, 3.63) is 29.6 Å². The summed E-state index contributed by atoms with van der Waals surface area (Å²) in [6.07, 6.45) is -0.209. The van der Waals surface area contributed by atoms with Gasteiger partial charge in [-0.15, -0.1) is 0 Å². The summed E-state index contributed by atoms with van der Waals surface area (Å²) in [5.41, 5.74) is 0.598. The summed E-state index contributed by atoms with van der Waals surface area (Å²) >= 11 is 0. The first-order valence-corrected chi connectivity index (χ1v) is 6.46. The predicted molar refractivity (Wildman–Crippen MR) is 70.1 cm³/mol. The molecule has 1 aliphatic rings. The van der Waals surface area contributed by atoms with E-state index in [9.17, 15) is 9.18 Å². The molecule has 0 saturated carbocycles. The number of hydrogen-bond donors (Lipinski definition) is 1. The van der Waals surface area contributed by atoms with Gasteiger partial charge in [-0.1, -0.05) is 6.07 Å². The highest BCUT2D eigenvalue weighted by Crippen LogP contribution is 2.18. The molecule has 110 valence electrons. The van der Waals surface area contributed by atoms with Gasteiger partial charge in [0.05, 0.1) is 32.8 Å². The van der Waals surface area contributed by atoms with Crippen LogP contribution in [-0.2, 0) is 16.0 Å². The lowest BCUT2D eigenvalue weighted by atomic mass is 10.1. The number of benzene rings is 1. The van der Waals surface area contributed by atoms with Gasteiger partial charge >= 0.3 is 0 Å². The molecule has 0 aromatic heterocycles. The molecule has 20 heavy (non-hydrogen) atoms. The molecule has 6 heteroatoms. The first kappa shape index (κ1) is 14.7. The Morgan fingerprint density at radius 1 is 1.60 bits per heavy atom. The van der Waals surface area contributed by atoms with Crippen LogP contribution < -0.4 is 4.74 Å². The van der Waals surface area contributed by atoms with Crippen molar-refractivity contribution >= 4 is 5.91 Å². The van der Waals surface area contributed by atoms with Crippen molar-refractivity contribution in [1.82, 2.24) is 4.90 Å². The second kappa shape index (κ2) is 6.67. The molecule has 1 aromatic carbocycles. The fraction of sp³-hybridized carbons (Fsp3) is 0.500. The Balaban J connectivity index is 1.98. The number of carbonyl (C=O) groups excluding carboxylic acids is 1. The first-order valence-electron chi connectivity index (χ1n) is 6.46. The Bertz CT molecular complexity index is 480. The molecule has 1 fully saturated rings. The summed E-state index contributed by atoms with van der Waals surface area (Å²) in [6, 6.07) is 4.48. The van der Waals surface area contributed by atoms with Gasteiger partial charge in [0.2, 0.25) is 5.91 Å². The number of rotatable bonds is 4. The van der Waals surface area contributed by atoms with E-state index in [4.69, 9.17) is 14.6 Å². The van der Waals surface area contributed by atoms with Crippen molar-refractivity contribution in [2.24, 2.45) is 0 Å². The minimum atomic E-state index is -0.479. The van der Waals surface area contributed by atoms with Crippen LogP contribution in [0.4, 0.5) is 4.39 Å². The number of ether oxygens (including phenoxy) is 2. The number of halogens is 1. The average molecular weight is 283 g/mol. The summed E-state index contributed by atoms with van der Waals surface area (Å²) in [7, 11) is 1.39. The molecule has 1 saturated heterocycles. The smallest absolute Gasteiger partial charge is 0.227 e. The van der Waals surface area contributed by atoms with Crippen LogP contribution >= 0.6 is 0 Å². The van der Waals surface area contributed by atoms with Gasteiger partial charge in [-0.3, -0.25) is 4.79 Å². The van der Waals surface area contributed by atoms with E-state index in [0.29, 0.717) is 25.3 Å². The molecule has 1 N–H and O–H groups in total. The zero-order valence-electron chi connectivity index (χ0n) is 11.3. The maximum Gasteiger partial charge on any atom is 0.227 e. The summed E-state index contributed by atoms with van der Waals surface area (Å²) in [5, 5.41) is 9.05. The molecule has 0 spiro atoms. The zero-order chi connectivity index (χ0) is 14.5. The normalized spacial score (nSPS) is 18.9. The number of aliphatic hydroxyl groups is 1. The van der Waals surface area contributed by atoms with E-state index in [1.807, 2.05) is 0 Å².